The molecule has 3 aromatic rings. The van der Waals surface area contributed by atoms with Crippen LogP contribution in [0.2, 0.25) is 0 Å². The molecule has 1 amide bonds. The van der Waals surface area contributed by atoms with E-state index in [0.29, 0.717) is 13.1 Å². The molecule has 162 valence electrons. The molecule has 0 N–H and O–H groups in total. The minimum absolute atomic E-state index is 0.00136. The van der Waals surface area contributed by atoms with Gasteiger partial charge in [0.05, 0.1) is 18.0 Å². The summed E-state index contributed by atoms with van der Waals surface area (Å²) in [4.78, 5) is 16.0. The average Bonchev–Trinajstić information content (AvgIpc) is 3.47. The van der Waals surface area contributed by atoms with Crippen molar-refractivity contribution in [3.8, 4) is 0 Å². The Labute approximate surface area is 185 Å². The van der Waals surface area contributed by atoms with Crippen molar-refractivity contribution >= 4 is 27.3 Å². The molecule has 1 fully saturated rings. The summed E-state index contributed by atoms with van der Waals surface area (Å²) < 4.78 is 40.9. The van der Waals surface area contributed by atoms with E-state index in [-0.39, 0.29) is 23.4 Å². The fourth-order valence-corrected chi connectivity index (χ4v) is 5.73. The van der Waals surface area contributed by atoms with Crippen molar-refractivity contribution in [2.75, 3.05) is 6.54 Å². The van der Waals surface area contributed by atoms with Gasteiger partial charge < -0.3 is 4.90 Å². The Morgan fingerprint density at radius 3 is 2.29 bits per heavy atom. The van der Waals surface area contributed by atoms with Gasteiger partial charge in [0.1, 0.15) is 5.82 Å². The molecule has 0 spiro atoms. The lowest BCUT2D eigenvalue weighted by atomic mass is 10.2. The summed E-state index contributed by atoms with van der Waals surface area (Å²) in [6.45, 7) is 0.579. The number of carbonyl (C=O) groups is 1. The van der Waals surface area contributed by atoms with E-state index in [1.807, 2.05) is 47.8 Å². The lowest BCUT2D eigenvalue weighted by molar-refractivity contribution is -0.132. The summed E-state index contributed by atoms with van der Waals surface area (Å²) in [6, 6.07) is 18.1. The number of carbonyl (C=O) groups excluding carboxylic acids is 1. The van der Waals surface area contributed by atoms with E-state index < -0.39 is 15.8 Å². The van der Waals surface area contributed by atoms with Crippen LogP contribution in [0.5, 0.6) is 0 Å². The van der Waals surface area contributed by atoms with Gasteiger partial charge in [0.25, 0.3) is 0 Å². The third kappa shape index (κ3) is 5.39. The van der Waals surface area contributed by atoms with Crippen LogP contribution in [0, 0.1) is 5.82 Å². The molecule has 4 rings (SSSR count). The molecule has 31 heavy (non-hydrogen) atoms. The number of thiophene rings is 1. The lowest BCUT2D eigenvalue weighted by Gasteiger charge is -2.27. The molecular formula is C23H23FN2O3S2. The Bertz CT molecular complexity index is 1110. The van der Waals surface area contributed by atoms with Crippen molar-refractivity contribution in [2.45, 2.75) is 36.9 Å². The molecule has 0 saturated heterocycles. The first kappa shape index (κ1) is 21.7. The summed E-state index contributed by atoms with van der Waals surface area (Å²) in [5, 5.41) is 1.95. The van der Waals surface area contributed by atoms with E-state index in [2.05, 4.69) is 0 Å². The van der Waals surface area contributed by atoms with Gasteiger partial charge in [-0.1, -0.05) is 36.4 Å². The topological polar surface area (TPSA) is 57.7 Å². The molecular weight excluding hydrogens is 435 g/mol. The van der Waals surface area contributed by atoms with Gasteiger partial charge in [0, 0.05) is 17.5 Å². The minimum atomic E-state index is -3.90. The molecule has 0 unspecified atom stereocenters. The van der Waals surface area contributed by atoms with Crippen LogP contribution in [-0.4, -0.2) is 36.1 Å². The highest BCUT2D eigenvalue weighted by molar-refractivity contribution is 7.89. The highest BCUT2D eigenvalue weighted by atomic mass is 32.2. The predicted octanol–water partition coefficient (Wildman–Crippen LogP) is 4.27. The molecule has 8 heteroatoms. The first-order chi connectivity index (χ1) is 14.9. The number of amides is 1. The van der Waals surface area contributed by atoms with Crippen molar-refractivity contribution in [3.05, 3.63) is 88.4 Å². The van der Waals surface area contributed by atoms with Crippen LogP contribution in [0.4, 0.5) is 4.39 Å². The molecule has 1 aromatic heterocycles. The molecule has 2 aromatic carbocycles. The van der Waals surface area contributed by atoms with Gasteiger partial charge in [0.2, 0.25) is 15.9 Å². The van der Waals surface area contributed by atoms with E-state index in [0.717, 1.165) is 35.4 Å². The zero-order valence-corrected chi connectivity index (χ0v) is 18.5. The van der Waals surface area contributed by atoms with E-state index in [4.69, 9.17) is 0 Å². The van der Waals surface area contributed by atoms with Gasteiger partial charge in [-0.2, -0.15) is 4.31 Å². The number of benzene rings is 2. The van der Waals surface area contributed by atoms with Gasteiger partial charge in [-0.25, -0.2) is 12.8 Å². The highest BCUT2D eigenvalue weighted by Gasteiger charge is 2.40. The highest BCUT2D eigenvalue weighted by Crippen LogP contribution is 2.32. The van der Waals surface area contributed by atoms with Crippen LogP contribution in [0.25, 0.3) is 0 Å². The summed E-state index contributed by atoms with van der Waals surface area (Å²) in [5.74, 6) is -0.757. The van der Waals surface area contributed by atoms with E-state index in [9.17, 15) is 17.6 Å². The van der Waals surface area contributed by atoms with Crippen LogP contribution in [0.15, 0.2) is 77.0 Å². The maximum atomic E-state index is 13.3. The molecule has 0 atom stereocenters. The monoisotopic (exact) mass is 458 g/mol. The molecule has 0 bridgehead atoms. The van der Waals surface area contributed by atoms with Crippen molar-refractivity contribution in [3.63, 3.8) is 0 Å². The smallest absolute Gasteiger partial charge is 0.243 e. The molecule has 1 heterocycles. The Morgan fingerprint density at radius 1 is 0.968 bits per heavy atom. The zero-order valence-electron chi connectivity index (χ0n) is 16.9. The van der Waals surface area contributed by atoms with Crippen LogP contribution in [0.1, 0.15) is 23.3 Å². The Hall–Kier alpha value is -2.55. The molecule has 1 aliphatic rings. The van der Waals surface area contributed by atoms with E-state index >= 15 is 0 Å². The van der Waals surface area contributed by atoms with Crippen LogP contribution >= 0.6 is 11.3 Å². The van der Waals surface area contributed by atoms with Crippen molar-refractivity contribution < 1.29 is 17.6 Å². The number of nitrogens with zero attached hydrogens (tertiary/aromatic N) is 2. The first-order valence-electron chi connectivity index (χ1n) is 10.0. The molecule has 0 radical (unpaired) electrons. The van der Waals surface area contributed by atoms with Crippen LogP contribution in [0.3, 0.4) is 0 Å². The average molecular weight is 459 g/mol. The van der Waals surface area contributed by atoms with Crippen molar-refractivity contribution in [1.82, 2.24) is 9.21 Å². The van der Waals surface area contributed by atoms with Crippen LogP contribution < -0.4 is 0 Å². The predicted molar refractivity (Wildman–Crippen MR) is 118 cm³/mol. The maximum Gasteiger partial charge on any atom is 0.243 e. The second-order valence-corrected chi connectivity index (χ2v) is 10.5. The molecule has 1 saturated carbocycles. The summed E-state index contributed by atoms with van der Waals surface area (Å²) in [6.07, 6.45) is 1.44. The van der Waals surface area contributed by atoms with Crippen LogP contribution in [-0.2, 0) is 27.9 Å². The summed E-state index contributed by atoms with van der Waals surface area (Å²) >= 11 is 1.56. The third-order valence-corrected chi connectivity index (χ3v) is 7.93. The number of halogens is 1. The van der Waals surface area contributed by atoms with Gasteiger partial charge >= 0.3 is 0 Å². The SMILES string of the molecule is O=C(CN(C1CC1)S(=O)(=O)c1ccc(F)cc1)N(Cc1ccccc1)Cc1cccs1. The molecule has 1 aliphatic carbocycles. The second-order valence-electron chi connectivity index (χ2n) is 7.55. The largest absolute Gasteiger partial charge is 0.332 e. The third-order valence-electron chi connectivity index (χ3n) is 5.16. The Morgan fingerprint density at radius 2 is 1.68 bits per heavy atom. The first-order valence-corrected chi connectivity index (χ1v) is 12.4. The number of rotatable bonds is 9. The number of hydrogen-bond donors (Lipinski definition) is 0. The van der Waals surface area contributed by atoms with Crippen molar-refractivity contribution in [1.29, 1.82) is 0 Å². The van der Waals surface area contributed by atoms with Gasteiger partial charge in [-0.05, 0) is 54.1 Å². The van der Waals surface area contributed by atoms with Gasteiger partial charge in [-0.15, -0.1) is 11.3 Å². The normalized spacial score (nSPS) is 14.0. The summed E-state index contributed by atoms with van der Waals surface area (Å²) in [7, 11) is -3.90. The zero-order chi connectivity index (χ0) is 21.8. The Kier molecular flexibility index (Phi) is 6.50. The lowest BCUT2D eigenvalue weighted by Crippen LogP contribution is -2.43. The van der Waals surface area contributed by atoms with Gasteiger partial charge in [-0.3, -0.25) is 4.79 Å². The summed E-state index contributed by atoms with van der Waals surface area (Å²) in [5.41, 5.74) is 0.978. The van der Waals surface area contributed by atoms with E-state index in [1.54, 1.807) is 16.2 Å². The fourth-order valence-electron chi connectivity index (χ4n) is 3.37. The maximum absolute atomic E-state index is 13.3. The quantitative estimate of drug-likeness (QED) is 0.481. The minimum Gasteiger partial charge on any atom is -0.332 e. The van der Waals surface area contributed by atoms with Crippen molar-refractivity contribution in [2.24, 2.45) is 0 Å². The number of hydrogen-bond acceptors (Lipinski definition) is 4. The molecule has 5 nitrogen and oxygen atoms in total. The van der Waals surface area contributed by atoms with E-state index in [1.165, 1.54) is 16.4 Å². The second kappa shape index (κ2) is 9.30. The number of sulfonamides is 1. The standard InChI is InChI=1S/C23H23FN2O3S2/c24-19-8-12-22(13-9-19)31(28,29)26(20-10-11-20)17-23(27)25(16-21-7-4-14-30-21)15-18-5-2-1-3-6-18/h1-9,12-14,20H,10-11,15-17H2. The fraction of sp³-hybridized carbons (Fsp3) is 0.261. The Balaban J connectivity index is 1.57. The molecule has 0 aliphatic heterocycles. The van der Waals surface area contributed by atoms with Gasteiger partial charge in [0.15, 0.2) is 0 Å².